The molecule has 0 radical (unpaired) electrons. The maximum atomic E-state index is 11.9. The number of likely N-dealkylation sites (tertiary alicyclic amines) is 1. The smallest absolute Gasteiger partial charge is 0.326 e. The average Bonchev–Trinajstić information content (AvgIpc) is 2.86. The van der Waals surface area contributed by atoms with Crippen molar-refractivity contribution in [2.24, 2.45) is 7.05 Å². The monoisotopic (exact) mass is 255 g/mol. The predicted octanol–water partition coefficient (Wildman–Crippen LogP) is -1.13. The summed E-state index contributed by atoms with van der Waals surface area (Å²) >= 11 is 0. The molecule has 0 spiro atoms. The number of aromatic nitrogens is 3. The molecule has 0 bridgehead atoms. The van der Waals surface area contributed by atoms with Crippen molar-refractivity contribution in [3.8, 4) is 0 Å². The van der Waals surface area contributed by atoms with Crippen LogP contribution in [-0.4, -0.2) is 60.6 Å². The number of aryl methyl sites for hydroxylation is 1. The topological polar surface area (TPSA) is 121 Å². The van der Waals surface area contributed by atoms with E-state index in [2.05, 4.69) is 15.4 Å². The summed E-state index contributed by atoms with van der Waals surface area (Å²) in [6.45, 7) is -0.0132. The first-order valence-electron chi connectivity index (χ1n) is 5.31. The number of carboxylic acid groups (broad SMARTS) is 1. The zero-order valence-corrected chi connectivity index (χ0v) is 9.65. The van der Waals surface area contributed by atoms with Gasteiger partial charge in [-0.05, 0) is 0 Å². The van der Waals surface area contributed by atoms with Crippen LogP contribution in [0.5, 0.6) is 0 Å². The Morgan fingerprint density at radius 2 is 2.28 bits per heavy atom. The van der Waals surface area contributed by atoms with Crippen LogP contribution in [0.15, 0.2) is 6.33 Å². The molecule has 2 unspecified atom stereocenters. The molecule has 9 heteroatoms. The number of nitrogens with zero attached hydrogens (tertiary/aromatic N) is 4. The molecule has 2 amide bonds. The van der Waals surface area contributed by atoms with E-state index in [0.717, 1.165) is 4.90 Å². The summed E-state index contributed by atoms with van der Waals surface area (Å²) in [5.41, 5.74) is 0. The first-order valence-corrected chi connectivity index (χ1v) is 5.31. The highest BCUT2D eigenvalue weighted by Gasteiger charge is 2.39. The van der Waals surface area contributed by atoms with Gasteiger partial charge in [0.15, 0.2) is 0 Å². The van der Waals surface area contributed by atoms with E-state index in [1.165, 1.54) is 11.0 Å². The summed E-state index contributed by atoms with van der Waals surface area (Å²) in [7, 11) is 1.59. The lowest BCUT2D eigenvalue weighted by Gasteiger charge is -2.20. The van der Waals surface area contributed by atoms with Crippen LogP contribution in [0, 0.1) is 0 Å². The molecule has 2 atom stereocenters. The summed E-state index contributed by atoms with van der Waals surface area (Å²) in [6, 6.07) is -1.64. The van der Waals surface area contributed by atoms with E-state index in [1.54, 1.807) is 7.05 Å². The molecule has 9 nitrogen and oxygen atoms in total. The fourth-order valence-corrected chi connectivity index (χ4v) is 1.85. The number of aliphatic hydroxyl groups is 1. The Balaban J connectivity index is 2.09. The van der Waals surface area contributed by atoms with Crippen molar-refractivity contribution in [3.63, 3.8) is 0 Å². The van der Waals surface area contributed by atoms with E-state index < -0.39 is 24.1 Å². The SMILES string of the molecule is Cn1ncnc1NC(=O)N1CC(O)CC1C(=O)O. The molecule has 1 fully saturated rings. The zero-order valence-electron chi connectivity index (χ0n) is 9.65. The van der Waals surface area contributed by atoms with Crippen molar-refractivity contribution in [2.75, 3.05) is 11.9 Å². The molecule has 1 saturated heterocycles. The van der Waals surface area contributed by atoms with Crippen molar-refractivity contribution in [1.82, 2.24) is 19.7 Å². The Hall–Kier alpha value is -2.16. The zero-order chi connectivity index (χ0) is 13.3. The van der Waals surface area contributed by atoms with Gasteiger partial charge in [-0.3, -0.25) is 5.32 Å². The van der Waals surface area contributed by atoms with Crippen LogP contribution >= 0.6 is 0 Å². The lowest BCUT2D eigenvalue weighted by molar-refractivity contribution is -0.141. The summed E-state index contributed by atoms with van der Waals surface area (Å²) in [5.74, 6) is -0.926. The highest BCUT2D eigenvalue weighted by atomic mass is 16.4. The predicted molar refractivity (Wildman–Crippen MR) is 58.8 cm³/mol. The van der Waals surface area contributed by atoms with E-state index in [4.69, 9.17) is 5.11 Å². The van der Waals surface area contributed by atoms with Crippen LogP contribution < -0.4 is 5.32 Å². The summed E-state index contributed by atoms with van der Waals surface area (Å²) in [4.78, 5) is 27.7. The van der Waals surface area contributed by atoms with Crippen LogP contribution in [0.2, 0.25) is 0 Å². The lowest BCUT2D eigenvalue weighted by Crippen LogP contribution is -2.43. The number of nitrogens with one attached hydrogen (secondary N) is 1. The van der Waals surface area contributed by atoms with Gasteiger partial charge in [0, 0.05) is 20.0 Å². The number of anilines is 1. The van der Waals surface area contributed by atoms with Gasteiger partial charge in [-0.25, -0.2) is 14.3 Å². The van der Waals surface area contributed by atoms with E-state index >= 15 is 0 Å². The molecule has 0 aliphatic carbocycles. The van der Waals surface area contributed by atoms with E-state index in [9.17, 15) is 14.7 Å². The average molecular weight is 255 g/mol. The number of rotatable bonds is 2. The molecule has 1 aromatic rings. The normalized spacial score (nSPS) is 23.1. The van der Waals surface area contributed by atoms with Gasteiger partial charge in [0.05, 0.1) is 6.10 Å². The molecule has 1 aliphatic rings. The van der Waals surface area contributed by atoms with Crippen LogP contribution in [0.1, 0.15) is 6.42 Å². The molecule has 2 heterocycles. The largest absolute Gasteiger partial charge is 0.480 e. The number of hydrogen-bond donors (Lipinski definition) is 3. The van der Waals surface area contributed by atoms with Crippen molar-refractivity contribution in [2.45, 2.75) is 18.6 Å². The number of hydrogen-bond acceptors (Lipinski definition) is 5. The van der Waals surface area contributed by atoms with Gasteiger partial charge >= 0.3 is 12.0 Å². The van der Waals surface area contributed by atoms with Crippen LogP contribution in [0.3, 0.4) is 0 Å². The van der Waals surface area contributed by atoms with Gasteiger partial charge in [0.2, 0.25) is 5.95 Å². The molecule has 1 aromatic heterocycles. The Labute approximate surface area is 102 Å². The molecule has 1 aliphatic heterocycles. The minimum atomic E-state index is -1.14. The minimum absolute atomic E-state index is 0.0132. The third kappa shape index (κ3) is 2.25. The number of carboxylic acids is 1. The van der Waals surface area contributed by atoms with Crippen LogP contribution in [0.25, 0.3) is 0 Å². The summed E-state index contributed by atoms with van der Waals surface area (Å²) < 4.78 is 1.35. The maximum Gasteiger partial charge on any atom is 0.326 e. The van der Waals surface area contributed by atoms with Gasteiger partial charge in [0.25, 0.3) is 0 Å². The summed E-state index contributed by atoms with van der Waals surface area (Å²) in [5, 5.41) is 24.6. The van der Waals surface area contributed by atoms with E-state index in [0.29, 0.717) is 0 Å². The number of urea groups is 1. The molecular weight excluding hydrogens is 242 g/mol. The molecule has 18 heavy (non-hydrogen) atoms. The quantitative estimate of drug-likeness (QED) is 0.614. The number of β-amino-alcohol motifs (C(OH)–C–C–N with tert-alkyl or cyclic N) is 1. The van der Waals surface area contributed by atoms with Crippen LogP contribution in [-0.2, 0) is 11.8 Å². The Kier molecular flexibility index (Phi) is 3.15. The molecule has 0 saturated carbocycles. The minimum Gasteiger partial charge on any atom is -0.480 e. The second kappa shape index (κ2) is 4.61. The van der Waals surface area contributed by atoms with Gasteiger partial charge < -0.3 is 15.1 Å². The fraction of sp³-hybridized carbons (Fsp3) is 0.556. The fourth-order valence-electron chi connectivity index (χ4n) is 1.85. The third-order valence-electron chi connectivity index (χ3n) is 2.76. The van der Waals surface area contributed by atoms with Crippen molar-refractivity contribution in [1.29, 1.82) is 0 Å². The van der Waals surface area contributed by atoms with Gasteiger partial charge in [-0.15, -0.1) is 0 Å². The van der Waals surface area contributed by atoms with Crippen molar-refractivity contribution < 1.29 is 19.8 Å². The maximum absolute atomic E-state index is 11.9. The third-order valence-corrected chi connectivity index (χ3v) is 2.76. The number of carbonyl (C=O) groups excluding carboxylic acids is 1. The molecule has 98 valence electrons. The second-order valence-electron chi connectivity index (χ2n) is 4.03. The van der Waals surface area contributed by atoms with Crippen LogP contribution in [0.4, 0.5) is 10.7 Å². The van der Waals surface area contributed by atoms with Crippen molar-refractivity contribution >= 4 is 17.9 Å². The first-order chi connectivity index (χ1) is 8.49. The Morgan fingerprint density at radius 1 is 1.56 bits per heavy atom. The summed E-state index contributed by atoms with van der Waals surface area (Å²) in [6.07, 6.45) is 0.473. The Bertz CT molecular complexity index is 473. The second-order valence-corrected chi connectivity index (χ2v) is 4.03. The van der Waals surface area contributed by atoms with Gasteiger partial charge in [0.1, 0.15) is 12.4 Å². The van der Waals surface area contributed by atoms with E-state index in [1.807, 2.05) is 0 Å². The first kappa shape index (κ1) is 12.3. The molecule has 2 rings (SSSR count). The van der Waals surface area contributed by atoms with Crippen molar-refractivity contribution in [3.05, 3.63) is 6.33 Å². The number of carbonyl (C=O) groups is 2. The van der Waals surface area contributed by atoms with Gasteiger partial charge in [-0.2, -0.15) is 10.1 Å². The number of aliphatic carboxylic acids is 1. The van der Waals surface area contributed by atoms with E-state index in [-0.39, 0.29) is 18.9 Å². The van der Waals surface area contributed by atoms with Gasteiger partial charge in [-0.1, -0.05) is 0 Å². The molecule has 3 N–H and O–H groups in total. The number of aliphatic hydroxyl groups excluding tert-OH is 1. The molecular formula is C9H13N5O4. The highest BCUT2D eigenvalue weighted by molar-refractivity contribution is 5.91. The number of amides is 2. The molecule has 0 aromatic carbocycles. The Morgan fingerprint density at radius 3 is 2.83 bits per heavy atom. The standard InChI is InChI=1S/C9H13N5O4/c1-13-8(10-4-11-13)12-9(18)14-3-5(15)2-6(14)7(16)17/h4-6,15H,2-3H2,1H3,(H,16,17)(H,10,11,12,18). The lowest BCUT2D eigenvalue weighted by atomic mass is 10.2. The highest BCUT2D eigenvalue weighted by Crippen LogP contribution is 2.19.